The Hall–Kier alpha value is -1.39. The van der Waals surface area contributed by atoms with Crippen LogP contribution in [-0.4, -0.2) is 13.2 Å². The van der Waals surface area contributed by atoms with E-state index in [0.717, 1.165) is 12.8 Å². The van der Waals surface area contributed by atoms with Crippen LogP contribution >= 0.6 is 0 Å². The molecule has 1 aromatic carbocycles. The molecule has 0 atom stereocenters. The molecule has 1 fully saturated rings. The van der Waals surface area contributed by atoms with Gasteiger partial charge in [0.1, 0.15) is 17.1 Å². The molecule has 1 aromatic rings. The maximum absolute atomic E-state index is 12.8. The van der Waals surface area contributed by atoms with Crippen LogP contribution in [0.4, 0.5) is 13.2 Å². The molecule has 1 saturated carbocycles. The van der Waals surface area contributed by atoms with Crippen LogP contribution in [0.15, 0.2) is 18.2 Å². The topological polar surface area (TPSA) is 18.5 Å². The Bertz CT molecular complexity index is 383. The molecule has 0 heterocycles. The minimum atomic E-state index is -4.46. The zero-order valence-corrected chi connectivity index (χ0v) is 8.67. The van der Waals surface area contributed by atoms with Crippen LogP contribution in [0.2, 0.25) is 0 Å². The first-order chi connectivity index (χ1) is 7.52. The highest BCUT2D eigenvalue weighted by Gasteiger charge is 2.39. The molecule has 0 aromatic heterocycles. The van der Waals surface area contributed by atoms with Gasteiger partial charge in [-0.15, -0.1) is 0 Å². The van der Waals surface area contributed by atoms with Gasteiger partial charge in [-0.1, -0.05) is 6.07 Å². The van der Waals surface area contributed by atoms with Crippen molar-refractivity contribution in [1.82, 2.24) is 0 Å². The van der Waals surface area contributed by atoms with E-state index in [1.165, 1.54) is 25.3 Å². The number of halogens is 3. The number of hydrogen-bond donors (Lipinski definition) is 0. The highest BCUT2D eigenvalue weighted by atomic mass is 19.4. The molecular weight excluding hydrogens is 221 g/mol. The Morgan fingerprint density at radius 2 is 1.81 bits per heavy atom. The van der Waals surface area contributed by atoms with Crippen molar-refractivity contribution in [2.45, 2.75) is 25.1 Å². The summed E-state index contributed by atoms with van der Waals surface area (Å²) in [6.07, 6.45) is -2.91. The summed E-state index contributed by atoms with van der Waals surface area (Å²) in [5, 5.41) is 0. The SMILES string of the molecule is COc1cccc(OC2CC2)c1C(F)(F)F. The van der Waals surface area contributed by atoms with Crippen LogP contribution in [0.5, 0.6) is 11.5 Å². The van der Waals surface area contributed by atoms with Crippen molar-refractivity contribution in [3.05, 3.63) is 23.8 Å². The molecule has 0 amide bonds. The third kappa shape index (κ3) is 2.23. The quantitative estimate of drug-likeness (QED) is 0.796. The Labute approximate surface area is 91.0 Å². The third-order valence-electron chi connectivity index (χ3n) is 2.31. The van der Waals surface area contributed by atoms with Gasteiger partial charge in [0.2, 0.25) is 0 Å². The molecule has 0 bridgehead atoms. The van der Waals surface area contributed by atoms with Crippen molar-refractivity contribution in [2.75, 3.05) is 7.11 Å². The van der Waals surface area contributed by atoms with Crippen molar-refractivity contribution in [2.24, 2.45) is 0 Å². The summed E-state index contributed by atoms with van der Waals surface area (Å²) in [6.45, 7) is 0. The van der Waals surface area contributed by atoms with Gasteiger partial charge < -0.3 is 9.47 Å². The maximum atomic E-state index is 12.8. The van der Waals surface area contributed by atoms with Gasteiger partial charge in [-0.05, 0) is 25.0 Å². The smallest absolute Gasteiger partial charge is 0.423 e. The Morgan fingerprint density at radius 3 is 2.31 bits per heavy atom. The number of methoxy groups -OCH3 is 1. The fourth-order valence-electron chi connectivity index (χ4n) is 1.42. The molecule has 2 nitrogen and oxygen atoms in total. The van der Waals surface area contributed by atoms with Crippen LogP contribution in [0.25, 0.3) is 0 Å². The van der Waals surface area contributed by atoms with Crippen molar-refractivity contribution >= 4 is 0 Å². The lowest BCUT2D eigenvalue weighted by Crippen LogP contribution is -2.11. The van der Waals surface area contributed by atoms with E-state index in [1.807, 2.05) is 0 Å². The lowest BCUT2D eigenvalue weighted by Gasteiger charge is -2.16. The van der Waals surface area contributed by atoms with Crippen molar-refractivity contribution in [1.29, 1.82) is 0 Å². The number of ether oxygens (including phenoxy) is 2. The lowest BCUT2D eigenvalue weighted by molar-refractivity contribution is -0.140. The van der Waals surface area contributed by atoms with Gasteiger partial charge in [0.05, 0.1) is 13.2 Å². The number of benzene rings is 1. The predicted octanol–water partition coefficient (Wildman–Crippen LogP) is 3.26. The molecule has 0 N–H and O–H groups in total. The van der Waals surface area contributed by atoms with E-state index in [1.54, 1.807) is 0 Å². The Kier molecular flexibility index (Phi) is 2.69. The summed E-state index contributed by atoms with van der Waals surface area (Å²) in [4.78, 5) is 0. The van der Waals surface area contributed by atoms with Gasteiger partial charge in [-0.3, -0.25) is 0 Å². The van der Waals surface area contributed by atoms with Gasteiger partial charge in [0.15, 0.2) is 0 Å². The van der Waals surface area contributed by atoms with Crippen molar-refractivity contribution in [3.63, 3.8) is 0 Å². The zero-order valence-electron chi connectivity index (χ0n) is 8.67. The van der Waals surface area contributed by atoms with Gasteiger partial charge in [0, 0.05) is 0 Å². The fraction of sp³-hybridized carbons (Fsp3) is 0.455. The second-order valence-corrected chi connectivity index (χ2v) is 3.65. The molecule has 88 valence electrons. The van der Waals surface area contributed by atoms with Gasteiger partial charge in [0.25, 0.3) is 0 Å². The van der Waals surface area contributed by atoms with Crippen LogP contribution in [0, 0.1) is 0 Å². The van der Waals surface area contributed by atoms with E-state index in [0.29, 0.717) is 0 Å². The summed E-state index contributed by atoms with van der Waals surface area (Å²) in [7, 11) is 1.21. The Morgan fingerprint density at radius 1 is 1.19 bits per heavy atom. The first-order valence-corrected chi connectivity index (χ1v) is 4.93. The van der Waals surface area contributed by atoms with Gasteiger partial charge >= 0.3 is 6.18 Å². The van der Waals surface area contributed by atoms with Crippen molar-refractivity contribution < 1.29 is 22.6 Å². The van der Waals surface area contributed by atoms with Gasteiger partial charge in [-0.2, -0.15) is 13.2 Å². The molecule has 1 aliphatic carbocycles. The highest BCUT2D eigenvalue weighted by Crippen LogP contribution is 2.43. The van der Waals surface area contributed by atoms with E-state index in [9.17, 15) is 13.2 Å². The van der Waals surface area contributed by atoms with E-state index in [-0.39, 0.29) is 17.6 Å². The van der Waals surface area contributed by atoms with E-state index in [4.69, 9.17) is 9.47 Å². The van der Waals surface area contributed by atoms with Crippen molar-refractivity contribution in [3.8, 4) is 11.5 Å². The largest absolute Gasteiger partial charge is 0.496 e. The first kappa shape index (κ1) is 11.1. The summed E-state index contributed by atoms with van der Waals surface area (Å²) in [6, 6.07) is 4.10. The number of hydrogen-bond acceptors (Lipinski definition) is 2. The summed E-state index contributed by atoms with van der Waals surface area (Å²) in [5.74, 6) is -0.347. The number of alkyl halides is 3. The predicted molar refractivity (Wildman–Crippen MR) is 51.6 cm³/mol. The molecule has 2 rings (SSSR count). The molecule has 0 saturated heterocycles. The molecule has 0 unspecified atom stereocenters. The molecule has 0 aliphatic heterocycles. The fourth-order valence-corrected chi connectivity index (χ4v) is 1.42. The molecule has 0 spiro atoms. The monoisotopic (exact) mass is 232 g/mol. The zero-order chi connectivity index (χ0) is 11.8. The average molecular weight is 232 g/mol. The van der Waals surface area contributed by atoms with E-state index >= 15 is 0 Å². The standard InChI is InChI=1S/C11H11F3O2/c1-15-8-3-2-4-9(16-7-5-6-7)10(8)11(12,13)14/h2-4,7H,5-6H2,1H3. The van der Waals surface area contributed by atoms with Crippen LogP contribution < -0.4 is 9.47 Å². The lowest BCUT2D eigenvalue weighted by atomic mass is 10.1. The first-order valence-electron chi connectivity index (χ1n) is 4.93. The van der Waals surface area contributed by atoms with E-state index in [2.05, 4.69) is 0 Å². The maximum Gasteiger partial charge on any atom is 0.423 e. The highest BCUT2D eigenvalue weighted by molar-refractivity contribution is 5.47. The van der Waals surface area contributed by atoms with E-state index < -0.39 is 11.7 Å². The normalized spacial score (nSPS) is 16.0. The second kappa shape index (κ2) is 3.88. The summed E-state index contributed by atoms with van der Waals surface area (Å²) >= 11 is 0. The van der Waals surface area contributed by atoms with Crippen LogP contribution in [0.1, 0.15) is 18.4 Å². The summed E-state index contributed by atoms with van der Waals surface area (Å²) < 4.78 is 48.4. The molecule has 16 heavy (non-hydrogen) atoms. The van der Waals surface area contributed by atoms with Gasteiger partial charge in [-0.25, -0.2) is 0 Å². The molecular formula is C11H11F3O2. The second-order valence-electron chi connectivity index (χ2n) is 3.65. The Balaban J connectivity index is 2.41. The minimum absolute atomic E-state index is 0.0757. The molecule has 0 radical (unpaired) electrons. The average Bonchev–Trinajstić information content (AvgIpc) is 2.99. The number of rotatable bonds is 3. The third-order valence-corrected chi connectivity index (χ3v) is 2.31. The van der Waals surface area contributed by atoms with Crippen LogP contribution in [0.3, 0.4) is 0 Å². The minimum Gasteiger partial charge on any atom is -0.496 e. The summed E-state index contributed by atoms with van der Waals surface area (Å²) in [5.41, 5.74) is -0.829. The molecule has 5 heteroatoms. The van der Waals surface area contributed by atoms with Crippen LogP contribution in [-0.2, 0) is 6.18 Å². The molecule has 1 aliphatic rings.